The molecule has 0 aliphatic carbocycles. The Kier molecular flexibility index (Phi) is 8.49. The van der Waals surface area contributed by atoms with Crippen molar-refractivity contribution >= 4 is 38.1 Å². The first-order valence-corrected chi connectivity index (χ1v) is 12.0. The predicted octanol–water partition coefficient (Wildman–Crippen LogP) is 4.37. The molecule has 0 saturated carbocycles. The average Bonchev–Trinajstić information content (AvgIpc) is 2.70. The van der Waals surface area contributed by atoms with Gasteiger partial charge in [0.25, 0.3) is 5.91 Å². The van der Waals surface area contributed by atoms with Gasteiger partial charge < -0.3 is 4.18 Å². The maximum atomic E-state index is 13.6. The first-order chi connectivity index (χ1) is 16.1. The summed E-state index contributed by atoms with van der Waals surface area (Å²) in [6, 6.07) is 1.23. The van der Waals surface area contributed by atoms with Gasteiger partial charge >= 0.3 is 53.7 Å². The minimum atomic E-state index is -7.05. The zero-order valence-corrected chi connectivity index (χ0v) is 19.4. The minimum Gasteiger partial charge on any atom is -0.419 e. The van der Waals surface area contributed by atoms with E-state index in [0.29, 0.717) is 29.0 Å². The smallest absolute Gasteiger partial charge is 0.419 e. The highest BCUT2D eigenvalue weighted by molar-refractivity contribution is 7.96. The zero-order valence-electron chi connectivity index (χ0n) is 17.0. The fourth-order valence-electron chi connectivity index (χ4n) is 1.82. The van der Waals surface area contributed by atoms with Gasteiger partial charge in [-0.2, -0.15) is 69.5 Å². The zero-order chi connectivity index (χ0) is 29.7. The number of amides is 1. The Morgan fingerprint density at radius 3 is 1.62 bits per heavy atom. The molecule has 0 aromatic heterocycles. The number of carbonyl (C=O) groups excluding carboxylic acids is 1. The predicted molar refractivity (Wildman–Crippen MR) is 98.0 cm³/mol. The molecule has 1 rings (SSSR count). The topological polar surface area (TPSA) is 127 Å². The summed E-state index contributed by atoms with van der Waals surface area (Å²) in [7, 11) is -13.9. The van der Waals surface area contributed by atoms with Crippen LogP contribution in [0.25, 0.3) is 0 Å². The molecule has 214 valence electrons. The molecule has 8 nitrogen and oxygen atoms in total. The van der Waals surface area contributed by atoms with E-state index in [9.17, 15) is 74.3 Å². The number of hydrogen-bond donors (Lipinski definition) is 2. The van der Waals surface area contributed by atoms with Crippen LogP contribution in [0.5, 0.6) is 5.75 Å². The summed E-state index contributed by atoms with van der Waals surface area (Å²) in [5.74, 6) is -22.1. The summed E-state index contributed by atoms with van der Waals surface area (Å²) >= 11 is -1.77. The van der Waals surface area contributed by atoms with Crippen molar-refractivity contribution in [2.45, 2.75) is 40.5 Å². The summed E-state index contributed by atoms with van der Waals surface area (Å²) in [5, 5.41) is -19.3. The number of nitrogens with one attached hydrogen (secondary N) is 1. The molecule has 0 aliphatic rings. The van der Waals surface area contributed by atoms with Gasteiger partial charge in [-0.25, -0.2) is 4.72 Å². The van der Waals surface area contributed by atoms with Gasteiger partial charge in [-0.15, -0.1) is 0 Å². The summed E-state index contributed by atoms with van der Waals surface area (Å²) in [6.07, 6.45) is 0. The lowest BCUT2D eigenvalue weighted by molar-refractivity contribution is -0.271. The first kappa shape index (κ1) is 32.9. The monoisotopic (exact) mass is 627 g/mol. The van der Waals surface area contributed by atoms with E-state index in [1.165, 1.54) is 0 Å². The number of rotatable bonds is 11. The van der Waals surface area contributed by atoms with Crippen LogP contribution in [0.1, 0.15) is 17.3 Å². The van der Waals surface area contributed by atoms with Crippen molar-refractivity contribution in [3.8, 4) is 5.75 Å². The Labute approximate surface area is 202 Å². The molecular weight excluding hydrogens is 618 g/mol. The van der Waals surface area contributed by atoms with Crippen molar-refractivity contribution < 1.29 is 83.1 Å². The molecule has 1 aromatic carbocycles. The van der Waals surface area contributed by atoms with E-state index < -0.39 is 89.9 Å². The molecule has 0 heterocycles. The molecule has 0 saturated heterocycles. The summed E-state index contributed by atoms with van der Waals surface area (Å²) in [6.45, 7) is -0.738. The maximum Gasteiger partial charge on any atom is 0.439 e. The quantitative estimate of drug-likeness (QED) is 0.211. The van der Waals surface area contributed by atoms with E-state index in [-0.39, 0.29) is 0 Å². The third-order valence-corrected chi connectivity index (χ3v) is 6.93. The molecule has 0 bridgehead atoms. The second-order valence-electron chi connectivity index (χ2n) is 6.69. The van der Waals surface area contributed by atoms with Gasteiger partial charge in [0, 0.05) is 12.5 Å². The maximum absolute atomic E-state index is 13.6. The van der Waals surface area contributed by atoms with Crippen LogP contribution in [0.3, 0.4) is 0 Å². The SMILES string of the molecule is CC(F)(F)C(F)(F)C(F)(F)S(=O)(=O)NC(=O)c1ccc(OSC(F)(F)C(F)(F)C(F)(F)S(=O)(=O)O)cc1. The van der Waals surface area contributed by atoms with Crippen molar-refractivity contribution in [2.75, 3.05) is 0 Å². The van der Waals surface area contributed by atoms with Crippen molar-refractivity contribution in [1.82, 2.24) is 4.72 Å². The van der Waals surface area contributed by atoms with Gasteiger partial charge in [-0.1, -0.05) is 0 Å². The van der Waals surface area contributed by atoms with Crippen molar-refractivity contribution in [1.29, 1.82) is 0 Å². The van der Waals surface area contributed by atoms with E-state index >= 15 is 0 Å². The van der Waals surface area contributed by atoms with Gasteiger partial charge in [-0.3, -0.25) is 9.35 Å². The van der Waals surface area contributed by atoms with Gasteiger partial charge in [0.1, 0.15) is 17.8 Å². The molecule has 0 unspecified atom stereocenters. The van der Waals surface area contributed by atoms with Gasteiger partial charge in [-0.05, 0) is 24.3 Å². The standard InChI is InChI=1S/C14H9F12NO7S3/c1-9(15,16)10(17,18)13(23,24)36(29,30)27-8(28)6-2-4-7(5-3-6)34-35-12(21,22)11(19,20)14(25,26)37(31,32)33/h2-5H,1H3,(H,27,28)(H,31,32,33). The van der Waals surface area contributed by atoms with Crippen LogP contribution in [-0.2, 0) is 20.1 Å². The van der Waals surface area contributed by atoms with Crippen molar-refractivity contribution in [3.05, 3.63) is 29.8 Å². The third kappa shape index (κ3) is 5.82. The lowest BCUT2D eigenvalue weighted by Gasteiger charge is -2.30. The lowest BCUT2D eigenvalue weighted by atomic mass is 10.2. The van der Waals surface area contributed by atoms with Crippen LogP contribution >= 0.6 is 12.0 Å². The van der Waals surface area contributed by atoms with E-state index in [0.717, 1.165) is 0 Å². The fraction of sp³-hybridized carbons (Fsp3) is 0.500. The number of hydrogen-bond acceptors (Lipinski definition) is 7. The molecular formula is C14H9F12NO7S3. The van der Waals surface area contributed by atoms with Crippen LogP contribution in [0.15, 0.2) is 24.3 Å². The minimum absolute atomic E-state index is 0.300. The Bertz CT molecular complexity index is 1230. The van der Waals surface area contributed by atoms with E-state index in [4.69, 9.17) is 4.55 Å². The highest BCUT2D eigenvalue weighted by Gasteiger charge is 2.79. The molecule has 1 aromatic rings. The molecule has 0 fully saturated rings. The summed E-state index contributed by atoms with van der Waals surface area (Å²) in [5.41, 5.74) is -1.07. The van der Waals surface area contributed by atoms with Crippen molar-refractivity contribution in [2.24, 2.45) is 0 Å². The molecule has 1 amide bonds. The van der Waals surface area contributed by atoms with Crippen LogP contribution in [0, 0.1) is 0 Å². The molecule has 2 N–H and O–H groups in total. The van der Waals surface area contributed by atoms with Crippen LogP contribution in [0.4, 0.5) is 52.7 Å². The van der Waals surface area contributed by atoms with Gasteiger partial charge in [0.15, 0.2) is 0 Å². The Balaban J connectivity index is 3.07. The molecule has 0 atom stereocenters. The van der Waals surface area contributed by atoms with E-state index in [1.807, 2.05) is 0 Å². The summed E-state index contributed by atoms with van der Waals surface area (Å²) in [4.78, 5) is 11.8. The highest BCUT2D eigenvalue weighted by atomic mass is 32.2. The van der Waals surface area contributed by atoms with Crippen LogP contribution < -0.4 is 8.91 Å². The van der Waals surface area contributed by atoms with Crippen molar-refractivity contribution in [3.63, 3.8) is 0 Å². The lowest BCUT2D eigenvalue weighted by Crippen LogP contribution is -2.60. The van der Waals surface area contributed by atoms with E-state index in [1.54, 1.807) is 0 Å². The van der Waals surface area contributed by atoms with Gasteiger partial charge in [0.2, 0.25) is 0 Å². The fourth-order valence-corrected chi connectivity index (χ4v) is 3.88. The number of benzene rings is 1. The largest absolute Gasteiger partial charge is 0.439 e. The Hall–Kier alpha value is -2.14. The number of sulfonamides is 1. The normalized spacial score (nSPS) is 14.9. The molecule has 0 aliphatic heterocycles. The second-order valence-corrected chi connectivity index (χ2v) is 10.7. The molecule has 0 spiro atoms. The van der Waals surface area contributed by atoms with Gasteiger partial charge in [0.05, 0.1) is 0 Å². The molecule has 0 radical (unpaired) electrons. The Morgan fingerprint density at radius 1 is 0.811 bits per heavy atom. The highest BCUT2D eigenvalue weighted by Crippen LogP contribution is 2.53. The average molecular weight is 627 g/mol. The molecule has 37 heavy (non-hydrogen) atoms. The first-order valence-electron chi connectivity index (χ1n) is 8.33. The third-order valence-electron chi connectivity index (χ3n) is 3.90. The Morgan fingerprint density at radius 2 is 1.24 bits per heavy atom. The van der Waals surface area contributed by atoms with Crippen LogP contribution in [0.2, 0.25) is 0 Å². The second kappa shape index (κ2) is 9.55. The van der Waals surface area contributed by atoms with Crippen LogP contribution in [-0.4, -0.2) is 60.8 Å². The summed E-state index contributed by atoms with van der Waals surface area (Å²) < 4.78 is 215. The number of carbonyl (C=O) groups is 1. The molecule has 23 heteroatoms. The number of halogens is 12. The van der Waals surface area contributed by atoms with E-state index in [2.05, 4.69) is 4.18 Å². The number of alkyl halides is 12.